The first-order valence-electron chi connectivity index (χ1n) is 8.57. The third-order valence-corrected chi connectivity index (χ3v) is 4.35. The number of pyridine rings is 2. The monoisotopic (exact) mass is 358 g/mol. The second kappa shape index (κ2) is 6.95. The van der Waals surface area contributed by atoms with Crippen molar-refractivity contribution in [3.8, 4) is 5.82 Å². The van der Waals surface area contributed by atoms with Crippen molar-refractivity contribution < 1.29 is 4.79 Å². The van der Waals surface area contributed by atoms with Gasteiger partial charge in [0.05, 0.1) is 16.8 Å². The Morgan fingerprint density at radius 2 is 2.07 bits per heavy atom. The predicted octanol–water partition coefficient (Wildman–Crippen LogP) is 2.76. The van der Waals surface area contributed by atoms with Crippen molar-refractivity contribution in [2.45, 2.75) is 20.4 Å². The van der Waals surface area contributed by atoms with Gasteiger partial charge in [-0.3, -0.25) is 9.78 Å². The lowest BCUT2D eigenvalue weighted by molar-refractivity contribution is 0.0950. The molecule has 3 aromatic heterocycles. The van der Waals surface area contributed by atoms with E-state index < -0.39 is 0 Å². The van der Waals surface area contributed by atoms with Gasteiger partial charge in [-0.1, -0.05) is 17.7 Å². The van der Waals surface area contributed by atoms with Crippen molar-refractivity contribution in [3.63, 3.8) is 0 Å². The van der Waals surface area contributed by atoms with Gasteiger partial charge in [-0.15, -0.1) is 0 Å². The number of hydrogen-bond donors (Lipinski definition) is 1. The summed E-state index contributed by atoms with van der Waals surface area (Å²) in [5, 5.41) is 8.02. The molecule has 1 aromatic carbocycles. The van der Waals surface area contributed by atoms with E-state index in [0.717, 1.165) is 22.0 Å². The fourth-order valence-electron chi connectivity index (χ4n) is 2.98. The number of amides is 1. The molecule has 0 aliphatic rings. The Bertz CT molecular complexity index is 1120. The topological polar surface area (TPSA) is 85.6 Å². The van der Waals surface area contributed by atoms with Gasteiger partial charge in [0.2, 0.25) is 0 Å². The van der Waals surface area contributed by atoms with E-state index in [1.807, 2.05) is 50.2 Å². The quantitative estimate of drug-likeness (QED) is 0.606. The summed E-state index contributed by atoms with van der Waals surface area (Å²) < 4.78 is 1.58. The van der Waals surface area contributed by atoms with Gasteiger partial charge in [0.15, 0.2) is 5.82 Å². The Kier molecular flexibility index (Phi) is 4.33. The van der Waals surface area contributed by atoms with E-state index in [4.69, 9.17) is 0 Å². The van der Waals surface area contributed by atoms with Gasteiger partial charge < -0.3 is 5.32 Å². The molecule has 0 bridgehead atoms. The Balaban J connectivity index is 1.59. The van der Waals surface area contributed by atoms with Crippen molar-refractivity contribution in [1.29, 1.82) is 0 Å². The first-order valence-corrected chi connectivity index (χ1v) is 8.57. The molecular weight excluding hydrogens is 340 g/mol. The van der Waals surface area contributed by atoms with Gasteiger partial charge in [-0.25, -0.2) is 14.6 Å². The van der Waals surface area contributed by atoms with Crippen LogP contribution in [-0.4, -0.2) is 30.6 Å². The van der Waals surface area contributed by atoms with E-state index in [0.29, 0.717) is 23.6 Å². The number of fused-ring (bicyclic) bond motifs is 1. The van der Waals surface area contributed by atoms with Gasteiger partial charge in [-0.05, 0) is 38.1 Å². The number of nitrogens with zero attached hydrogens (tertiary/aromatic N) is 5. The molecular formula is C20H18N6O. The van der Waals surface area contributed by atoms with Crippen LogP contribution in [0.15, 0.2) is 55.2 Å². The van der Waals surface area contributed by atoms with Crippen molar-refractivity contribution >= 4 is 16.8 Å². The minimum Gasteiger partial charge on any atom is -0.348 e. The lowest BCUT2D eigenvalue weighted by atomic mass is 10.1. The molecule has 27 heavy (non-hydrogen) atoms. The fourth-order valence-corrected chi connectivity index (χ4v) is 2.98. The summed E-state index contributed by atoms with van der Waals surface area (Å²) in [5.41, 5.74) is 4.13. The van der Waals surface area contributed by atoms with Crippen LogP contribution in [0.2, 0.25) is 0 Å². The number of aromatic nitrogens is 5. The van der Waals surface area contributed by atoms with Crippen LogP contribution >= 0.6 is 0 Å². The van der Waals surface area contributed by atoms with E-state index in [2.05, 4.69) is 25.4 Å². The van der Waals surface area contributed by atoms with Gasteiger partial charge in [0.25, 0.3) is 5.91 Å². The molecule has 0 spiro atoms. The highest BCUT2D eigenvalue weighted by molar-refractivity contribution is 5.98. The largest absolute Gasteiger partial charge is 0.348 e. The van der Waals surface area contributed by atoms with Crippen LogP contribution < -0.4 is 5.32 Å². The lowest BCUT2D eigenvalue weighted by Gasteiger charge is -2.11. The van der Waals surface area contributed by atoms with E-state index >= 15 is 0 Å². The molecule has 0 saturated carbocycles. The maximum atomic E-state index is 12.8. The summed E-state index contributed by atoms with van der Waals surface area (Å²) >= 11 is 0. The average molecular weight is 358 g/mol. The van der Waals surface area contributed by atoms with Crippen LogP contribution in [0.3, 0.4) is 0 Å². The van der Waals surface area contributed by atoms with Crippen LogP contribution in [0.4, 0.5) is 0 Å². The molecule has 1 amide bonds. The summed E-state index contributed by atoms with van der Waals surface area (Å²) in [7, 11) is 0. The summed E-state index contributed by atoms with van der Waals surface area (Å²) in [6, 6.07) is 11.6. The van der Waals surface area contributed by atoms with E-state index in [1.165, 1.54) is 6.33 Å². The average Bonchev–Trinajstić information content (AvgIpc) is 3.21. The summed E-state index contributed by atoms with van der Waals surface area (Å²) in [6.07, 6.45) is 4.71. The van der Waals surface area contributed by atoms with Crippen LogP contribution in [0.25, 0.3) is 16.7 Å². The fraction of sp³-hybridized carbons (Fsp3) is 0.150. The van der Waals surface area contributed by atoms with Crippen LogP contribution in [0.5, 0.6) is 0 Å². The Hall–Kier alpha value is -3.61. The molecule has 0 radical (unpaired) electrons. The lowest BCUT2D eigenvalue weighted by Crippen LogP contribution is -2.25. The molecule has 0 aliphatic heterocycles. The molecule has 1 N–H and O–H groups in total. The second-order valence-corrected chi connectivity index (χ2v) is 6.33. The number of nitrogens with one attached hydrogen (secondary N) is 1. The minimum atomic E-state index is -0.170. The van der Waals surface area contributed by atoms with E-state index in [-0.39, 0.29) is 5.91 Å². The molecule has 4 aromatic rings. The smallest absolute Gasteiger partial charge is 0.253 e. The number of benzene rings is 1. The predicted molar refractivity (Wildman–Crippen MR) is 102 cm³/mol. The van der Waals surface area contributed by atoms with Crippen molar-refractivity contribution in [2.24, 2.45) is 0 Å². The first kappa shape index (κ1) is 16.8. The number of carbonyl (C=O) groups excluding carboxylic acids is 1. The van der Waals surface area contributed by atoms with Crippen molar-refractivity contribution in [2.75, 3.05) is 0 Å². The Morgan fingerprint density at radius 1 is 1.19 bits per heavy atom. The molecule has 0 fully saturated rings. The highest BCUT2D eigenvalue weighted by atomic mass is 16.1. The van der Waals surface area contributed by atoms with E-state index in [1.54, 1.807) is 17.2 Å². The van der Waals surface area contributed by atoms with Gasteiger partial charge in [0.1, 0.15) is 12.7 Å². The maximum absolute atomic E-state index is 12.8. The standard InChI is InChI=1S/C20H18N6O/c1-13-5-6-18-16(8-13)9-17(14(2)25-18)20(27)23-10-15-4-3-7-22-19(15)26-12-21-11-24-26/h3-9,11-12H,10H2,1-2H3,(H,23,27). The SMILES string of the molecule is Cc1ccc2nc(C)c(C(=O)NCc3cccnc3-n3cncn3)cc2c1. The molecule has 7 nitrogen and oxygen atoms in total. The van der Waals surface area contributed by atoms with Crippen molar-refractivity contribution in [1.82, 2.24) is 30.0 Å². The summed E-state index contributed by atoms with van der Waals surface area (Å²) in [5.74, 6) is 0.469. The third-order valence-electron chi connectivity index (χ3n) is 4.35. The number of aryl methyl sites for hydroxylation is 2. The third kappa shape index (κ3) is 3.39. The minimum absolute atomic E-state index is 0.170. The maximum Gasteiger partial charge on any atom is 0.253 e. The molecule has 4 rings (SSSR count). The zero-order valence-electron chi connectivity index (χ0n) is 15.0. The van der Waals surface area contributed by atoms with Gasteiger partial charge >= 0.3 is 0 Å². The second-order valence-electron chi connectivity index (χ2n) is 6.33. The Morgan fingerprint density at radius 3 is 2.89 bits per heavy atom. The highest BCUT2D eigenvalue weighted by Crippen LogP contribution is 2.18. The highest BCUT2D eigenvalue weighted by Gasteiger charge is 2.13. The molecule has 0 atom stereocenters. The summed E-state index contributed by atoms with van der Waals surface area (Å²) in [6.45, 7) is 4.19. The Labute approximate surface area is 156 Å². The molecule has 0 saturated heterocycles. The molecule has 0 unspecified atom stereocenters. The molecule has 7 heteroatoms. The van der Waals surface area contributed by atoms with Crippen LogP contribution in [0, 0.1) is 13.8 Å². The molecule has 0 aliphatic carbocycles. The normalized spacial score (nSPS) is 10.9. The molecule has 3 heterocycles. The molecule has 134 valence electrons. The van der Waals surface area contributed by atoms with Gasteiger partial charge in [-0.2, -0.15) is 5.10 Å². The number of hydrogen-bond acceptors (Lipinski definition) is 5. The zero-order chi connectivity index (χ0) is 18.8. The summed E-state index contributed by atoms with van der Waals surface area (Å²) in [4.78, 5) is 25.6. The zero-order valence-corrected chi connectivity index (χ0v) is 15.0. The van der Waals surface area contributed by atoms with Crippen LogP contribution in [0.1, 0.15) is 27.2 Å². The first-order chi connectivity index (χ1) is 13.1. The van der Waals surface area contributed by atoms with Gasteiger partial charge in [0, 0.05) is 23.7 Å². The van der Waals surface area contributed by atoms with Crippen LogP contribution in [-0.2, 0) is 6.54 Å². The van der Waals surface area contributed by atoms with Crippen molar-refractivity contribution in [3.05, 3.63) is 77.6 Å². The number of rotatable bonds is 4. The number of carbonyl (C=O) groups is 1. The van der Waals surface area contributed by atoms with E-state index in [9.17, 15) is 4.79 Å².